The number of phenolic OH excluding ortho intramolecular Hbond substituents is 1. The predicted octanol–water partition coefficient (Wildman–Crippen LogP) is 9.54. The molecule has 2 aliphatic rings. The lowest BCUT2D eigenvalue weighted by molar-refractivity contribution is 0.0517. The fourth-order valence-corrected chi connectivity index (χ4v) is 8.86. The third-order valence-electron chi connectivity index (χ3n) is 12.5. The minimum Gasteiger partial charge on any atom is -0.508 e. The van der Waals surface area contributed by atoms with E-state index < -0.39 is 22.8 Å². The summed E-state index contributed by atoms with van der Waals surface area (Å²) in [6.45, 7) is 6.47. The number of aliphatic hydroxyl groups excluding tert-OH is 1. The van der Waals surface area contributed by atoms with E-state index >= 15 is 0 Å². The summed E-state index contributed by atoms with van der Waals surface area (Å²) < 4.78 is 10.4. The summed E-state index contributed by atoms with van der Waals surface area (Å²) in [5.74, 6) is 1.22. The molecule has 19 nitrogen and oxygen atoms in total. The van der Waals surface area contributed by atoms with E-state index in [0.29, 0.717) is 35.9 Å². The van der Waals surface area contributed by atoms with E-state index in [1.807, 2.05) is 97.1 Å². The molecule has 0 unspecified atom stereocenters. The van der Waals surface area contributed by atoms with Crippen molar-refractivity contribution in [2.24, 2.45) is 5.73 Å². The first kappa shape index (κ1) is 56.6. The van der Waals surface area contributed by atoms with Crippen molar-refractivity contribution < 1.29 is 34.1 Å². The highest BCUT2D eigenvalue weighted by molar-refractivity contribution is 5.91. The second-order valence-electron chi connectivity index (χ2n) is 19.2. The molecule has 9 N–H and O–H groups in total. The molecule has 0 saturated heterocycles. The summed E-state index contributed by atoms with van der Waals surface area (Å²) in [4.78, 5) is 53.2. The van der Waals surface area contributed by atoms with Gasteiger partial charge in [-0.15, -0.1) is 0 Å². The minimum atomic E-state index is -0.608. The van der Waals surface area contributed by atoms with Gasteiger partial charge in [-0.25, -0.2) is 34.3 Å². The molecule has 2 heterocycles. The second-order valence-corrected chi connectivity index (χ2v) is 19.2. The van der Waals surface area contributed by atoms with Gasteiger partial charge in [0.2, 0.25) is 11.6 Å². The van der Waals surface area contributed by atoms with Gasteiger partial charge >= 0.3 is 18.2 Å². The number of aromatic hydroxyl groups is 1. The lowest BCUT2D eigenvalue weighted by Crippen LogP contribution is -2.49. The molecule has 4 aromatic carbocycles. The Morgan fingerprint density at radius 2 is 1.04 bits per heavy atom. The van der Waals surface area contributed by atoms with Crippen molar-refractivity contribution in [3.63, 3.8) is 0 Å². The molecule has 0 atom stereocenters. The Morgan fingerprint density at radius 3 is 1.42 bits per heavy atom. The number of anilines is 2. The van der Waals surface area contributed by atoms with E-state index in [0.717, 1.165) is 92.2 Å². The van der Waals surface area contributed by atoms with Crippen LogP contribution in [0, 0.1) is 22.7 Å². The number of nitrogens with zero attached hydrogens (tertiary/aromatic N) is 6. The number of aliphatic hydroxyl groups is 1. The highest BCUT2D eigenvalue weighted by Crippen LogP contribution is 2.38. The molecule has 0 spiro atoms. The number of phenols is 1. The number of carbonyl (C=O) groups excluding carboxylic acids is 3. The van der Waals surface area contributed by atoms with E-state index in [1.165, 1.54) is 0 Å². The number of urea groups is 2. The van der Waals surface area contributed by atoms with Crippen LogP contribution in [0.3, 0.4) is 0 Å². The molecule has 2 saturated carbocycles. The van der Waals surface area contributed by atoms with Gasteiger partial charge in [0.25, 0.3) is 0 Å². The monoisotopic (exact) mass is 1030 g/mol. The third kappa shape index (κ3) is 17.0. The lowest BCUT2D eigenvalue weighted by Gasteiger charge is -2.37. The van der Waals surface area contributed by atoms with E-state index in [9.17, 15) is 24.8 Å². The Balaban J connectivity index is 0.000000207. The van der Waals surface area contributed by atoms with Crippen LogP contribution in [0.15, 0.2) is 122 Å². The smallest absolute Gasteiger partial charge is 0.407 e. The fraction of sp³-hybridized carbons (Fsp3) is 0.351. The van der Waals surface area contributed by atoms with Gasteiger partial charge in [-0.1, -0.05) is 87.1 Å². The zero-order valence-electron chi connectivity index (χ0n) is 43.1. The maximum Gasteiger partial charge on any atom is 0.407 e. The summed E-state index contributed by atoms with van der Waals surface area (Å²) >= 11 is 0. The number of nitriles is 2. The number of benzene rings is 4. The van der Waals surface area contributed by atoms with E-state index in [2.05, 4.69) is 46.5 Å². The molecule has 76 heavy (non-hydrogen) atoms. The number of nitrogens with one attached hydrogen (secondary N) is 5. The van der Waals surface area contributed by atoms with Crippen molar-refractivity contribution in [2.45, 2.75) is 102 Å². The fourth-order valence-electron chi connectivity index (χ4n) is 8.86. The second kappa shape index (κ2) is 27.6. The molecule has 2 aromatic heterocycles. The van der Waals surface area contributed by atoms with Crippen LogP contribution in [0.1, 0.15) is 108 Å². The first-order chi connectivity index (χ1) is 36.6. The van der Waals surface area contributed by atoms with Gasteiger partial charge in [-0.05, 0) is 129 Å². The maximum absolute atomic E-state index is 12.9. The van der Waals surface area contributed by atoms with Crippen molar-refractivity contribution in [3.05, 3.63) is 145 Å². The first-order valence-corrected chi connectivity index (χ1v) is 25.3. The zero-order valence-corrected chi connectivity index (χ0v) is 43.1. The predicted molar refractivity (Wildman–Crippen MR) is 289 cm³/mol. The van der Waals surface area contributed by atoms with Gasteiger partial charge in [0.1, 0.15) is 35.8 Å². The first-order valence-electron chi connectivity index (χ1n) is 25.3. The van der Waals surface area contributed by atoms with Crippen molar-refractivity contribution >= 4 is 29.5 Å². The Morgan fingerprint density at radius 1 is 0.632 bits per heavy atom. The van der Waals surface area contributed by atoms with Gasteiger partial charge in [0, 0.05) is 36.9 Å². The van der Waals surface area contributed by atoms with Crippen LogP contribution in [0.25, 0.3) is 22.3 Å². The maximum atomic E-state index is 12.9. The zero-order chi connectivity index (χ0) is 54.4. The number of carbonyl (C=O) groups is 3. The van der Waals surface area contributed by atoms with Crippen LogP contribution >= 0.6 is 0 Å². The number of hydrogen-bond donors (Lipinski definition) is 8. The normalized spacial score (nSPS) is 14.2. The molecule has 0 radical (unpaired) electrons. The lowest BCUT2D eigenvalue weighted by atomic mass is 9.79. The summed E-state index contributed by atoms with van der Waals surface area (Å²) in [6, 6.07) is 36.9. The highest BCUT2D eigenvalue weighted by atomic mass is 16.6. The molecule has 0 aliphatic heterocycles. The van der Waals surface area contributed by atoms with Crippen molar-refractivity contribution in [2.75, 3.05) is 36.9 Å². The summed E-state index contributed by atoms with van der Waals surface area (Å²) in [7, 11) is 0. The largest absolute Gasteiger partial charge is 0.508 e. The molecule has 2 fully saturated rings. The summed E-state index contributed by atoms with van der Waals surface area (Å²) in [6.07, 6.45) is 11.9. The molecular formula is C57H66N12O7. The standard InChI is InChI=1S/C26H28N6O2.C24H23N5O2.C7H15NO3/c27-15-17-34-22-10-6-20(7-11-22)19-4-8-21(9-5-19)30-25(33)32-26(13-2-1-3-14-26)23-12-16-29-24(18-28)31-23;25-16-22-26-15-12-21(28-22)24(13-2-1-3-14-24)29-23(31)27-19-8-4-17(5-9-19)18-6-10-20(30)11-7-18;1-7(2,3)11-6(10)8-4-5-9/h4-12,16H,1-3,13-15,17,27H2,(H2,30,32,33);4-12,15,30H,1-3,13-14H2,(H2,27,29,31);9H,4-5H2,1-3H3,(H,8,10). The number of aromatic nitrogens is 4. The number of ether oxygens (including phenoxy) is 2. The van der Waals surface area contributed by atoms with Crippen molar-refractivity contribution in [3.8, 4) is 45.9 Å². The van der Waals surface area contributed by atoms with E-state index in [1.54, 1.807) is 57.4 Å². The summed E-state index contributed by atoms with van der Waals surface area (Å²) in [5, 5.41) is 50.6. The molecule has 8 rings (SSSR count). The van der Waals surface area contributed by atoms with E-state index in [4.69, 9.17) is 25.6 Å². The molecule has 5 amide bonds. The average Bonchev–Trinajstić information content (AvgIpc) is 3.43. The Kier molecular flexibility index (Phi) is 20.6. The Hall–Kier alpha value is -8.65. The van der Waals surface area contributed by atoms with Crippen LogP contribution < -0.4 is 37.1 Å². The molecule has 0 bridgehead atoms. The van der Waals surface area contributed by atoms with Crippen LogP contribution in [-0.2, 0) is 15.8 Å². The number of alkyl carbamates (subject to hydrolysis) is 1. The van der Waals surface area contributed by atoms with Crippen LogP contribution in [0.4, 0.5) is 25.8 Å². The Labute approximate surface area is 443 Å². The molecule has 396 valence electrons. The van der Waals surface area contributed by atoms with Gasteiger partial charge in [0.15, 0.2) is 0 Å². The van der Waals surface area contributed by atoms with Crippen molar-refractivity contribution in [1.82, 2.24) is 35.9 Å². The summed E-state index contributed by atoms with van der Waals surface area (Å²) in [5.41, 5.74) is 10.6. The number of nitrogens with two attached hydrogens (primary N) is 1. The van der Waals surface area contributed by atoms with Crippen LogP contribution in [0.5, 0.6) is 11.5 Å². The number of rotatable bonds is 13. The third-order valence-corrected chi connectivity index (χ3v) is 12.5. The Bertz CT molecular complexity index is 2910. The van der Waals surface area contributed by atoms with Crippen molar-refractivity contribution in [1.29, 1.82) is 10.5 Å². The molecular weight excluding hydrogens is 965 g/mol. The number of amides is 5. The highest BCUT2D eigenvalue weighted by Gasteiger charge is 2.38. The van der Waals surface area contributed by atoms with Gasteiger partial charge in [-0.3, -0.25) is 0 Å². The minimum absolute atomic E-state index is 0.0702. The van der Waals surface area contributed by atoms with Crippen LogP contribution in [-0.4, -0.2) is 80.2 Å². The molecule has 19 heteroatoms. The molecule has 2 aliphatic carbocycles. The van der Waals surface area contributed by atoms with Gasteiger partial charge in [0.05, 0.1) is 29.1 Å². The van der Waals surface area contributed by atoms with Crippen LogP contribution in [0.2, 0.25) is 0 Å². The quantitative estimate of drug-likeness (QED) is 0.0534. The average molecular weight is 1030 g/mol. The van der Waals surface area contributed by atoms with Gasteiger partial charge in [-0.2, -0.15) is 10.5 Å². The topological polar surface area (TPSA) is 295 Å². The van der Waals surface area contributed by atoms with E-state index in [-0.39, 0.29) is 42.6 Å². The SMILES string of the molecule is CC(C)(C)OC(=O)NCCO.N#Cc1nccc(C2(NC(=O)Nc3ccc(-c4ccc(O)cc4)cc3)CCCCC2)n1.N#Cc1nccc(C2(NC(=O)Nc3ccc(-c4ccc(OCCN)cc4)cc3)CCCCC2)n1. The number of hydrogen-bond acceptors (Lipinski definition) is 14. The van der Waals surface area contributed by atoms with Gasteiger partial charge < -0.3 is 52.0 Å². The molecule has 6 aromatic rings.